The third-order valence-electron chi connectivity index (χ3n) is 2.56. The quantitative estimate of drug-likeness (QED) is 0.491. The van der Waals surface area contributed by atoms with Crippen LogP contribution in [0.5, 0.6) is 0 Å². The van der Waals surface area contributed by atoms with Crippen molar-refractivity contribution in [2.75, 3.05) is 0 Å². The zero-order valence-electron chi connectivity index (χ0n) is 11.3. The van der Waals surface area contributed by atoms with Crippen molar-refractivity contribution in [3.63, 3.8) is 0 Å². The van der Waals surface area contributed by atoms with Gasteiger partial charge in [-0.3, -0.25) is 9.59 Å². The van der Waals surface area contributed by atoms with Crippen LogP contribution in [-0.2, 0) is 4.79 Å². The molecule has 1 aromatic carbocycles. The maximum absolute atomic E-state index is 12.7. The van der Waals surface area contributed by atoms with E-state index < -0.39 is 23.7 Å². The minimum atomic E-state index is -1.64. The molecule has 1 unspecified atom stereocenters. The molecule has 0 spiro atoms. The number of nitrogens with one attached hydrogen (secondary N) is 1. The standard InChI is InChI=1S/C15H16FNO3/c1-3-5-10(4-2)13(18)15(20)17-14(19)11-6-8-12(16)9-7-11/h3-9,15,20H,1-2H3,(H,17,19)/b5-3-,10-4+. The zero-order chi connectivity index (χ0) is 15.1. The number of Topliss-reactive ketones (excluding diaryl/α,β-unsaturated/α-hetero) is 1. The van der Waals surface area contributed by atoms with Crippen LogP contribution in [0.2, 0.25) is 0 Å². The normalized spacial score (nSPS) is 13.3. The number of benzene rings is 1. The van der Waals surface area contributed by atoms with Gasteiger partial charge in [0.15, 0.2) is 6.23 Å². The fraction of sp³-hybridized carbons (Fsp3) is 0.200. The number of allylic oxidation sites excluding steroid dienone is 3. The second kappa shape index (κ2) is 7.35. The highest BCUT2D eigenvalue weighted by Crippen LogP contribution is 2.05. The van der Waals surface area contributed by atoms with Crippen LogP contribution in [0.4, 0.5) is 4.39 Å². The van der Waals surface area contributed by atoms with Crippen molar-refractivity contribution in [1.82, 2.24) is 5.32 Å². The summed E-state index contributed by atoms with van der Waals surface area (Å²) in [6.07, 6.45) is 3.09. The molecule has 0 bridgehead atoms. The van der Waals surface area contributed by atoms with Crippen molar-refractivity contribution in [3.8, 4) is 0 Å². The van der Waals surface area contributed by atoms with Crippen molar-refractivity contribution in [1.29, 1.82) is 0 Å². The van der Waals surface area contributed by atoms with Crippen molar-refractivity contribution >= 4 is 11.7 Å². The molecule has 0 saturated heterocycles. The van der Waals surface area contributed by atoms with Gasteiger partial charge in [0.25, 0.3) is 5.91 Å². The highest BCUT2D eigenvalue weighted by atomic mass is 19.1. The average molecular weight is 277 g/mol. The van der Waals surface area contributed by atoms with Gasteiger partial charge in [-0.2, -0.15) is 0 Å². The summed E-state index contributed by atoms with van der Waals surface area (Å²) < 4.78 is 12.7. The van der Waals surface area contributed by atoms with Gasteiger partial charge < -0.3 is 10.4 Å². The lowest BCUT2D eigenvalue weighted by Crippen LogP contribution is -2.41. The van der Waals surface area contributed by atoms with Crippen molar-refractivity contribution < 1.29 is 19.1 Å². The van der Waals surface area contributed by atoms with Crippen LogP contribution in [0.15, 0.2) is 48.1 Å². The lowest BCUT2D eigenvalue weighted by Gasteiger charge is -2.12. The maximum Gasteiger partial charge on any atom is 0.253 e. The number of amides is 1. The number of hydrogen-bond acceptors (Lipinski definition) is 3. The first-order chi connectivity index (χ1) is 9.49. The third kappa shape index (κ3) is 4.13. The molecule has 2 N–H and O–H groups in total. The largest absolute Gasteiger partial charge is 0.367 e. The van der Waals surface area contributed by atoms with Gasteiger partial charge in [0.05, 0.1) is 0 Å². The van der Waals surface area contributed by atoms with E-state index in [9.17, 15) is 19.1 Å². The summed E-state index contributed by atoms with van der Waals surface area (Å²) in [6, 6.07) is 4.79. The number of aliphatic hydroxyl groups excluding tert-OH is 1. The van der Waals surface area contributed by atoms with E-state index in [2.05, 4.69) is 5.32 Å². The second-order valence-corrected chi connectivity index (χ2v) is 3.99. The fourth-order valence-electron chi connectivity index (χ4n) is 1.53. The van der Waals surface area contributed by atoms with E-state index in [1.54, 1.807) is 19.9 Å². The summed E-state index contributed by atoms with van der Waals surface area (Å²) >= 11 is 0. The van der Waals surface area contributed by atoms with Crippen molar-refractivity contribution in [2.45, 2.75) is 20.1 Å². The molecule has 0 aliphatic rings. The van der Waals surface area contributed by atoms with Gasteiger partial charge in [-0.15, -0.1) is 0 Å². The van der Waals surface area contributed by atoms with Crippen LogP contribution in [0.3, 0.4) is 0 Å². The van der Waals surface area contributed by atoms with Gasteiger partial charge in [0, 0.05) is 11.1 Å². The number of carbonyl (C=O) groups is 2. The van der Waals surface area contributed by atoms with Crippen LogP contribution < -0.4 is 5.32 Å². The number of aliphatic hydroxyl groups is 1. The Morgan fingerprint density at radius 1 is 1.25 bits per heavy atom. The number of rotatable bonds is 5. The zero-order valence-corrected chi connectivity index (χ0v) is 11.3. The number of ketones is 1. The van der Waals surface area contributed by atoms with Crippen LogP contribution in [0, 0.1) is 5.82 Å². The molecule has 0 aliphatic carbocycles. The first-order valence-electron chi connectivity index (χ1n) is 6.07. The topological polar surface area (TPSA) is 66.4 Å². The third-order valence-corrected chi connectivity index (χ3v) is 2.56. The summed E-state index contributed by atoms with van der Waals surface area (Å²) in [5.41, 5.74) is 0.450. The highest BCUT2D eigenvalue weighted by molar-refractivity contribution is 6.04. The van der Waals surface area contributed by atoms with Gasteiger partial charge in [-0.05, 0) is 38.1 Å². The summed E-state index contributed by atoms with van der Waals surface area (Å²) in [4.78, 5) is 23.6. The van der Waals surface area contributed by atoms with Gasteiger partial charge in [0.1, 0.15) is 5.82 Å². The minimum Gasteiger partial charge on any atom is -0.367 e. The summed E-state index contributed by atoms with van der Waals surface area (Å²) in [7, 11) is 0. The molecule has 1 rings (SSSR count). The van der Waals surface area contributed by atoms with E-state index >= 15 is 0 Å². The molecule has 0 fully saturated rings. The average Bonchev–Trinajstić information content (AvgIpc) is 2.44. The van der Waals surface area contributed by atoms with E-state index in [4.69, 9.17) is 0 Å². The summed E-state index contributed by atoms with van der Waals surface area (Å²) in [6.45, 7) is 3.39. The Morgan fingerprint density at radius 2 is 1.85 bits per heavy atom. The molecule has 0 heterocycles. The number of halogens is 1. The molecule has 0 saturated carbocycles. The van der Waals surface area contributed by atoms with E-state index in [-0.39, 0.29) is 5.56 Å². The summed E-state index contributed by atoms with van der Waals surface area (Å²) in [5.74, 6) is -1.73. The Balaban J connectivity index is 2.75. The van der Waals surface area contributed by atoms with Crippen molar-refractivity contribution in [2.24, 2.45) is 0 Å². The molecular weight excluding hydrogens is 261 g/mol. The van der Waals surface area contributed by atoms with Crippen LogP contribution in [0.1, 0.15) is 24.2 Å². The molecule has 0 aromatic heterocycles. The Bertz CT molecular complexity index is 547. The Morgan fingerprint density at radius 3 is 2.35 bits per heavy atom. The smallest absolute Gasteiger partial charge is 0.253 e. The lowest BCUT2D eigenvalue weighted by molar-refractivity contribution is -0.124. The molecule has 1 atom stereocenters. The maximum atomic E-state index is 12.7. The lowest BCUT2D eigenvalue weighted by atomic mass is 10.1. The Hall–Kier alpha value is -2.27. The summed E-state index contributed by atoms with van der Waals surface area (Å²) in [5, 5.41) is 11.9. The monoisotopic (exact) mass is 277 g/mol. The van der Waals surface area contributed by atoms with Crippen LogP contribution >= 0.6 is 0 Å². The molecule has 0 radical (unpaired) electrons. The molecule has 1 amide bonds. The van der Waals surface area contributed by atoms with Crippen molar-refractivity contribution in [3.05, 3.63) is 59.4 Å². The van der Waals surface area contributed by atoms with Gasteiger partial charge in [0.2, 0.25) is 5.78 Å². The fourth-order valence-corrected chi connectivity index (χ4v) is 1.53. The number of carbonyl (C=O) groups excluding carboxylic acids is 2. The molecule has 1 aromatic rings. The van der Waals surface area contributed by atoms with Crippen LogP contribution in [0.25, 0.3) is 0 Å². The Kier molecular flexibility index (Phi) is 5.80. The van der Waals surface area contributed by atoms with Gasteiger partial charge in [-0.25, -0.2) is 4.39 Å². The van der Waals surface area contributed by atoms with E-state index in [1.165, 1.54) is 24.3 Å². The minimum absolute atomic E-state index is 0.159. The van der Waals surface area contributed by atoms with Gasteiger partial charge in [-0.1, -0.05) is 18.2 Å². The van der Waals surface area contributed by atoms with Gasteiger partial charge >= 0.3 is 0 Å². The molecule has 5 heteroatoms. The Labute approximate surface area is 116 Å². The first kappa shape index (κ1) is 15.8. The first-order valence-corrected chi connectivity index (χ1v) is 6.07. The molecule has 0 aliphatic heterocycles. The second-order valence-electron chi connectivity index (χ2n) is 3.99. The molecule has 106 valence electrons. The predicted octanol–water partition coefficient (Wildman–Crippen LogP) is 1.97. The number of hydrogen-bond donors (Lipinski definition) is 2. The molecule has 20 heavy (non-hydrogen) atoms. The highest BCUT2D eigenvalue weighted by Gasteiger charge is 2.20. The van der Waals surface area contributed by atoms with E-state index in [1.807, 2.05) is 0 Å². The SMILES string of the molecule is C/C=C\C(=C/C)C(=O)C(O)NC(=O)c1ccc(F)cc1. The molecular formula is C15H16FNO3. The van der Waals surface area contributed by atoms with E-state index in [0.29, 0.717) is 5.57 Å². The van der Waals surface area contributed by atoms with E-state index in [0.717, 1.165) is 12.1 Å². The predicted molar refractivity (Wildman–Crippen MR) is 73.5 cm³/mol. The van der Waals surface area contributed by atoms with Crippen LogP contribution in [-0.4, -0.2) is 23.0 Å². The molecule has 4 nitrogen and oxygen atoms in total.